The number of amides is 2. The summed E-state index contributed by atoms with van der Waals surface area (Å²) in [6, 6.07) is 18.2. The van der Waals surface area contributed by atoms with Crippen LogP contribution in [0.1, 0.15) is 79.3 Å². The fourth-order valence-electron chi connectivity index (χ4n) is 7.62. The Bertz CT molecular complexity index is 1890. The summed E-state index contributed by atoms with van der Waals surface area (Å²) in [4.78, 5) is 44.1. The monoisotopic (exact) mass is 737 g/mol. The first-order valence-corrected chi connectivity index (χ1v) is 19.1. The van der Waals surface area contributed by atoms with Crippen LogP contribution in [-0.4, -0.2) is 84.7 Å². The highest BCUT2D eigenvalue weighted by atomic mass is 16.5. The van der Waals surface area contributed by atoms with Gasteiger partial charge in [0.15, 0.2) is 0 Å². The number of nitrogens with one attached hydrogen (secondary N) is 1. The highest BCUT2D eigenvalue weighted by Gasteiger charge is 2.43. The van der Waals surface area contributed by atoms with Crippen molar-refractivity contribution in [2.45, 2.75) is 97.8 Å². The number of carboxylic acid groups (broad SMARTS) is 1. The first kappa shape index (κ1) is 38.9. The first-order valence-electron chi connectivity index (χ1n) is 19.1. The third-order valence-electron chi connectivity index (χ3n) is 11.3. The number of aliphatic carboxylic acids is 1. The number of nitrogens with zero attached hydrogens (tertiary/aromatic N) is 2. The SMILES string of the molecule is COc1cc(CN(C(=O)C2=C(c3ccc(CCOc4cc(C)cc(C)c4C)cc3)C[C@@H]3CN(C(=O)CCC(C)(C)C(=O)O)C[C@H]2N3)C2CC2)cc(OC)c1. The molecule has 288 valence electrons. The van der Waals surface area contributed by atoms with Crippen LogP contribution in [-0.2, 0) is 27.3 Å². The number of hydrogen-bond acceptors (Lipinski definition) is 7. The van der Waals surface area contributed by atoms with E-state index in [0.29, 0.717) is 49.7 Å². The third kappa shape index (κ3) is 8.92. The van der Waals surface area contributed by atoms with Crippen molar-refractivity contribution in [1.82, 2.24) is 15.1 Å². The maximum atomic E-state index is 15.0. The van der Waals surface area contributed by atoms with Crippen LogP contribution in [0.2, 0.25) is 0 Å². The van der Waals surface area contributed by atoms with Gasteiger partial charge in [0.25, 0.3) is 5.91 Å². The second-order valence-electron chi connectivity index (χ2n) is 15.9. The molecule has 3 aromatic rings. The Morgan fingerprint density at radius 3 is 2.24 bits per heavy atom. The molecule has 3 aliphatic rings. The Kier molecular flexibility index (Phi) is 11.7. The van der Waals surface area contributed by atoms with E-state index < -0.39 is 11.4 Å². The predicted molar refractivity (Wildman–Crippen MR) is 209 cm³/mol. The number of fused-ring (bicyclic) bond motifs is 2. The van der Waals surface area contributed by atoms with Gasteiger partial charge in [0.2, 0.25) is 5.91 Å². The van der Waals surface area contributed by atoms with E-state index >= 15 is 0 Å². The Morgan fingerprint density at radius 1 is 0.926 bits per heavy atom. The summed E-state index contributed by atoms with van der Waals surface area (Å²) in [6.45, 7) is 11.4. The zero-order valence-electron chi connectivity index (χ0n) is 32.8. The van der Waals surface area contributed by atoms with Gasteiger partial charge in [0.05, 0.1) is 32.3 Å². The van der Waals surface area contributed by atoms with Gasteiger partial charge in [-0.15, -0.1) is 0 Å². The van der Waals surface area contributed by atoms with Gasteiger partial charge in [-0.05, 0) is 117 Å². The second-order valence-corrected chi connectivity index (χ2v) is 15.9. The van der Waals surface area contributed by atoms with Crippen LogP contribution >= 0.6 is 0 Å². The summed E-state index contributed by atoms with van der Waals surface area (Å²) in [5, 5.41) is 13.3. The molecule has 6 rings (SSSR count). The van der Waals surface area contributed by atoms with E-state index in [-0.39, 0.29) is 42.8 Å². The highest BCUT2D eigenvalue weighted by Crippen LogP contribution is 2.38. The van der Waals surface area contributed by atoms with E-state index in [4.69, 9.17) is 14.2 Å². The van der Waals surface area contributed by atoms with Gasteiger partial charge in [-0.25, -0.2) is 0 Å². The van der Waals surface area contributed by atoms with Crippen LogP contribution < -0.4 is 19.5 Å². The molecule has 3 aromatic carbocycles. The van der Waals surface area contributed by atoms with Crippen molar-refractivity contribution in [3.05, 3.63) is 93.6 Å². The standard InChI is InChI=1S/C44H55N3O7/c1-27-18-28(2)29(3)39(19-27)54-17-15-30-8-10-32(11-9-30)37-22-33-25-46(40(48)14-16-44(4,5)43(50)51)26-38(45-33)41(37)42(49)47(34-12-13-34)24-31-20-35(52-6)23-36(21-31)53-7/h8-11,18-21,23,33-34,38,45H,12-17,22,24-26H2,1-7H3,(H,50,51)/t33-,38-/m1/s1. The summed E-state index contributed by atoms with van der Waals surface area (Å²) >= 11 is 0. The number of carbonyl (C=O) groups is 3. The quantitative estimate of drug-likeness (QED) is 0.178. The molecule has 1 saturated heterocycles. The minimum Gasteiger partial charge on any atom is -0.497 e. The maximum Gasteiger partial charge on any atom is 0.309 e. The van der Waals surface area contributed by atoms with Crippen LogP contribution in [0.3, 0.4) is 0 Å². The van der Waals surface area contributed by atoms with Crippen LogP contribution in [0.4, 0.5) is 0 Å². The highest BCUT2D eigenvalue weighted by molar-refractivity contribution is 6.03. The zero-order valence-corrected chi connectivity index (χ0v) is 32.8. The van der Waals surface area contributed by atoms with Gasteiger partial charge >= 0.3 is 5.97 Å². The summed E-state index contributed by atoms with van der Waals surface area (Å²) < 4.78 is 17.3. The van der Waals surface area contributed by atoms with Crippen molar-refractivity contribution in [3.63, 3.8) is 0 Å². The number of piperazine rings is 1. The number of carbonyl (C=O) groups excluding carboxylic acids is 2. The molecule has 0 unspecified atom stereocenters. The molecule has 2 heterocycles. The van der Waals surface area contributed by atoms with E-state index in [1.165, 1.54) is 11.1 Å². The third-order valence-corrected chi connectivity index (χ3v) is 11.3. The van der Waals surface area contributed by atoms with Gasteiger partial charge in [0, 0.05) is 56.2 Å². The number of ether oxygens (including phenoxy) is 3. The van der Waals surface area contributed by atoms with Crippen molar-refractivity contribution in [1.29, 1.82) is 0 Å². The maximum absolute atomic E-state index is 15.0. The van der Waals surface area contributed by atoms with Crippen LogP contribution in [0.25, 0.3) is 5.57 Å². The molecular formula is C44H55N3O7. The average molecular weight is 738 g/mol. The molecule has 2 bridgehead atoms. The molecule has 10 heteroatoms. The number of rotatable bonds is 15. The smallest absolute Gasteiger partial charge is 0.309 e. The van der Waals surface area contributed by atoms with E-state index in [0.717, 1.165) is 52.8 Å². The van der Waals surface area contributed by atoms with Crippen LogP contribution in [0.5, 0.6) is 17.2 Å². The fourth-order valence-corrected chi connectivity index (χ4v) is 7.62. The summed E-state index contributed by atoms with van der Waals surface area (Å²) in [5.74, 6) is 1.21. The first-order chi connectivity index (χ1) is 25.8. The Morgan fingerprint density at radius 2 is 1.61 bits per heavy atom. The molecule has 2 amide bonds. The largest absolute Gasteiger partial charge is 0.497 e. The van der Waals surface area contributed by atoms with Crippen LogP contribution in [0.15, 0.2) is 60.2 Å². The minimum absolute atomic E-state index is 0.0344. The number of benzene rings is 3. The van der Waals surface area contributed by atoms with E-state index in [1.807, 2.05) is 28.0 Å². The van der Waals surface area contributed by atoms with Crippen molar-refractivity contribution in [3.8, 4) is 17.2 Å². The number of aryl methyl sites for hydroxylation is 2. The molecular weight excluding hydrogens is 682 g/mol. The molecule has 2 atom stereocenters. The van der Waals surface area contributed by atoms with Crippen molar-refractivity contribution in [2.75, 3.05) is 33.9 Å². The molecule has 2 N–H and O–H groups in total. The number of methoxy groups -OCH3 is 2. The summed E-state index contributed by atoms with van der Waals surface area (Å²) in [7, 11) is 3.24. The average Bonchev–Trinajstić information content (AvgIpc) is 4.00. The molecule has 10 nitrogen and oxygen atoms in total. The molecule has 0 spiro atoms. The lowest BCUT2D eigenvalue weighted by Crippen LogP contribution is -2.62. The molecule has 0 aromatic heterocycles. The number of hydrogen-bond donors (Lipinski definition) is 2. The Hall–Kier alpha value is -4.83. The van der Waals surface area contributed by atoms with Gasteiger partial charge < -0.3 is 34.4 Å². The molecule has 0 radical (unpaired) electrons. The lowest BCUT2D eigenvalue weighted by atomic mass is 9.82. The zero-order chi connectivity index (χ0) is 38.7. The van der Waals surface area contributed by atoms with Gasteiger partial charge in [0.1, 0.15) is 17.2 Å². The van der Waals surface area contributed by atoms with Crippen molar-refractivity contribution >= 4 is 23.4 Å². The topological polar surface area (TPSA) is 118 Å². The fraction of sp³-hybridized carbons (Fsp3) is 0.477. The lowest BCUT2D eigenvalue weighted by Gasteiger charge is -2.45. The van der Waals surface area contributed by atoms with E-state index in [1.54, 1.807) is 28.1 Å². The van der Waals surface area contributed by atoms with Gasteiger partial charge in [-0.2, -0.15) is 0 Å². The number of carboxylic acids is 1. The van der Waals surface area contributed by atoms with Crippen molar-refractivity contribution < 1.29 is 33.7 Å². The molecule has 2 fully saturated rings. The summed E-state index contributed by atoms with van der Waals surface area (Å²) in [6.07, 6.45) is 3.58. The lowest BCUT2D eigenvalue weighted by molar-refractivity contribution is -0.148. The predicted octanol–water partition coefficient (Wildman–Crippen LogP) is 6.66. The van der Waals surface area contributed by atoms with E-state index in [9.17, 15) is 19.5 Å². The summed E-state index contributed by atoms with van der Waals surface area (Å²) in [5.41, 5.74) is 7.33. The molecule has 54 heavy (non-hydrogen) atoms. The van der Waals surface area contributed by atoms with Gasteiger partial charge in [-0.1, -0.05) is 30.3 Å². The minimum atomic E-state index is -1.00. The molecule has 1 aliphatic carbocycles. The van der Waals surface area contributed by atoms with Crippen LogP contribution in [0, 0.1) is 26.2 Å². The second kappa shape index (κ2) is 16.3. The van der Waals surface area contributed by atoms with E-state index in [2.05, 4.69) is 62.5 Å². The van der Waals surface area contributed by atoms with Gasteiger partial charge in [-0.3, -0.25) is 14.4 Å². The molecule has 2 aliphatic heterocycles. The normalized spacial score (nSPS) is 18.3. The Labute approximate surface area is 319 Å². The van der Waals surface area contributed by atoms with Crippen molar-refractivity contribution in [2.24, 2.45) is 5.41 Å². The Balaban J connectivity index is 1.28. The molecule has 1 saturated carbocycles.